The quantitative estimate of drug-likeness (QED) is 0.362. The molecule has 0 fully saturated rings. The number of nitrogens with one attached hydrogen (secondary N) is 1. The van der Waals surface area contributed by atoms with E-state index >= 15 is 0 Å². The number of anilines is 1. The van der Waals surface area contributed by atoms with Crippen LogP contribution >= 0.6 is 0 Å². The van der Waals surface area contributed by atoms with Crippen molar-refractivity contribution in [1.29, 1.82) is 0 Å². The Hall–Kier alpha value is -3.79. The molecule has 10 heteroatoms. The zero-order valence-corrected chi connectivity index (χ0v) is 23.0. The van der Waals surface area contributed by atoms with Crippen molar-refractivity contribution in [1.82, 2.24) is 10.2 Å². The van der Waals surface area contributed by atoms with Gasteiger partial charge in [0.05, 0.1) is 11.9 Å². The summed E-state index contributed by atoms with van der Waals surface area (Å²) in [7, 11) is -2.32. The number of nitrogens with zero attached hydrogens (tertiary/aromatic N) is 2. The number of likely N-dealkylation sites (N-methyl/N-ethyl adjacent to an activating group) is 1. The molecule has 1 atom stereocenters. The van der Waals surface area contributed by atoms with Crippen LogP contribution in [0.25, 0.3) is 0 Å². The highest BCUT2D eigenvalue weighted by Gasteiger charge is 2.30. The third-order valence-electron chi connectivity index (χ3n) is 6.46. The third-order valence-corrected chi connectivity index (χ3v) is 7.66. The first-order valence-corrected chi connectivity index (χ1v) is 14.4. The molecule has 208 valence electrons. The van der Waals surface area contributed by atoms with Gasteiger partial charge in [0.1, 0.15) is 6.04 Å². The Bertz CT molecular complexity index is 1400. The van der Waals surface area contributed by atoms with Gasteiger partial charge in [0.15, 0.2) is 11.6 Å². The SMILES string of the molecule is CNC(=O)[C@@H](Cc1ccccc1)N(Cc1ccccc1C)C(=O)CCCN(c1ccc(F)c(F)c1)S(C)(=O)=O. The molecule has 39 heavy (non-hydrogen) atoms. The van der Waals surface area contributed by atoms with Crippen molar-refractivity contribution in [3.63, 3.8) is 0 Å². The van der Waals surface area contributed by atoms with Crippen LogP contribution in [0.3, 0.4) is 0 Å². The predicted molar refractivity (Wildman–Crippen MR) is 148 cm³/mol. The Morgan fingerprint density at radius 3 is 2.23 bits per heavy atom. The topological polar surface area (TPSA) is 86.8 Å². The first kappa shape index (κ1) is 29.8. The molecule has 0 aliphatic carbocycles. The molecule has 0 unspecified atom stereocenters. The lowest BCUT2D eigenvalue weighted by Crippen LogP contribution is -2.50. The summed E-state index contributed by atoms with van der Waals surface area (Å²) in [5.74, 6) is -2.91. The van der Waals surface area contributed by atoms with Crippen molar-refractivity contribution in [3.8, 4) is 0 Å². The van der Waals surface area contributed by atoms with Crippen LogP contribution in [-0.4, -0.2) is 51.0 Å². The smallest absolute Gasteiger partial charge is 0.242 e. The molecule has 0 bridgehead atoms. The van der Waals surface area contributed by atoms with Crippen molar-refractivity contribution in [2.24, 2.45) is 0 Å². The second-order valence-electron chi connectivity index (χ2n) is 9.30. The second kappa shape index (κ2) is 13.3. The molecular weight excluding hydrogens is 524 g/mol. The van der Waals surface area contributed by atoms with Gasteiger partial charge in [-0.1, -0.05) is 54.6 Å². The van der Waals surface area contributed by atoms with E-state index in [9.17, 15) is 26.8 Å². The van der Waals surface area contributed by atoms with E-state index in [4.69, 9.17) is 0 Å². The van der Waals surface area contributed by atoms with Crippen LogP contribution in [0.1, 0.15) is 29.5 Å². The molecule has 0 heterocycles. The van der Waals surface area contributed by atoms with Crippen LogP contribution in [0.15, 0.2) is 72.8 Å². The van der Waals surface area contributed by atoms with Crippen LogP contribution in [0, 0.1) is 18.6 Å². The average molecular weight is 558 g/mol. The lowest BCUT2D eigenvalue weighted by molar-refractivity contribution is -0.141. The fourth-order valence-corrected chi connectivity index (χ4v) is 5.29. The lowest BCUT2D eigenvalue weighted by atomic mass is 10.0. The summed E-state index contributed by atoms with van der Waals surface area (Å²) < 4.78 is 53.0. The van der Waals surface area contributed by atoms with Gasteiger partial charge in [-0.15, -0.1) is 0 Å². The average Bonchev–Trinajstić information content (AvgIpc) is 2.90. The third kappa shape index (κ3) is 8.10. The maximum absolute atomic E-state index is 13.8. The van der Waals surface area contributed by atoms with Crippen molar-refractivity contribution in [2.75, 3.05) is 24.2 Å². The molecule has 7 nitrogen and oxygen atoms in total. The standard InChI is InChI=1S/C29H33F2N3O4S/c1-21-10-7-8-13-23(21)20-33(27(29(36)32-2)18-22-11-5-4-6-12-22)28(35)14-9-17-34(39(3,37)38)24-15-16-25(30)26(31)19-24/h4-8,10-13,15-16,19,27H,9,14,17-18,20H2,1-3H3,(H,32,36)/t27-/m1/s1. The first-order valence-electron chi connectivity index (χ1n) is 12.5. The summed E-state index contributed by atoms with van der Waals surface area (Å²) >= 11 is 0. The number of benzene rings is 3. The van der Waals surface area contributed by atoms with Crippen LogP contribution in [0.2, 0.25) is 0 Å². The van der Waals surface area contributed by atoms with Crippen LogP contribution in [-0.2, 0) is 32.6 Å². The Morgan fingerprint density at radius 1 is 0.949 bits per heavy atom. The molecule has 3 aromatic rings. The highest BCUT2D eigenvalue weighted by atomic mass is 32.2. The molecule has 0 aromatic heterocycles. The van der Waals surface area contributed by atoms with Gasteiger partial charge in [0.2, 0.25) is 21.8 Å². The fourth-order valence-electron chi connectivity index (χ4n) is 4.34. The number of sulfonamides is 1. The van der Waals surface area contributed by atoms with E-state index in [-0.39, 0.29) is 43.4 Å². The largest absolute Gasteiger partial charge is 0.357 e. The minimum atomic E-state index is -3.84. The number of amides is 2. The molecule has 3 aromatic carbocycles. The van der Waals surface area contributed by atoms with Gasteiger partial charge < -0.3 is 10.2 Å². The summed E-state index contributed by atoms with van der Waals surface area (Å²) in [6.07, 6.45) is 1.29. The number of hydrogen-bond acceptors (Lipinski definition) is 4. The molecular formula is C29H33F2N3O4S. The van der Waals surface area contributed by atoms with E-state index in [1.54, 1.807) is 0 Å². The second-order valence-corrected chi connectivity index (χ2v) is 11.2. The van der Waals surface area contributed by atoms with Crippen molar-refractivity contribution in [2.45, 2.75) is 38.8 Å². The number of rotatable bonds is 12. The normalized spacial score (nSPS) is 12.0. The number of carbonyl (C=O) groups excluding carboxylic acids is 2. The van der Waals surface area contributed by atoms with Gasteiger partial charge in [0.25, 0.3) is 0 Å². The highest BCUT2D eigenvalue weighted by Crippen LogP contribution is 2.22. The molecule has 0 aliphatic rings. The Balaban J connectivity index is 1.86. The molecule has 0 saturated heterocycles. The molecule has 2 amide bonds. The molecule has 0 aliphatic heterocycles. The van der Waals surface area contributed by atoms with Gasteiger partial charge in [-0.25, -0.2) is 17.2 Å². The maximum atomic E-state index is 13.8. The van der Waals surface area contributed by atoms with Crippen LogP contribution in [0.5, 0.6) is 0 Å². The fraction of sp³-hybridized carbons (Fsp3) is 0.310. The van der Waals surface area contributed by atoms with Crippen molar-refractivity contribution < 1.29 is 26.8 Å². The van der Waals surface area contributed by atoms with E-state index in [2.05, 4.69) is 5.32 Å². The zero-order chi connectivity index (χ0) is 28.6. The monoisotopic (exact) mass is 557 g/mol. The molecule has 3 rings (SSSR count). The number of halogens is 2. The summed E-state index contributed by atoms with van der Waals surface area (Å²) in [6, 6.07) is 19.0. The predicted octanol–water partition coefficient (Wildman–Crippen LogP) is 4.21. The first-order chi connectivity index (χ1) is 18.5. The molecule has 0 radical (unpaired) electrons. The maximum Gasteiger partial charge on any atom is 0.242 e. The van der Waals surface area contributed by atoms with Crippen molar-refractivity contribution in [3.05, 3.63) is 101 Å². The molecule has 0 saturated carbocycles. The molecule has 1 N–H and O–H groups in total. The zero-order valence-electron chi connectivity index (χ0n) is 22.2. The van der Waals surface area contributed by atoms with Gasteiger partial charge in [0, 0.05) is 39.0 Å². The van der Waals surface area contributed by atoms with Crippen LogP contribution in [0.4, 0.5) is 14.5 Å². The lowest BCUT2D eigenvalue weighted by Gasteiger charge is -2.32. The summed E-state index contributed by atoms with van der Waals surface area (Å²) in [4.78, 5) is 28.2. The molecule has 0 spiro atoms. The Morgan fingerprint density at radius 2 is 1.62 bits per heavy atom. The Kier molecular flexibility index (Phi) is 10.2. The minimum absolute atomic E-state index is 0.0343. The summed E-state index contributed by atoms with van der Waals surface area (Å²) in [5, 5.41) is 2.66. The van der Waals surface area contributed by atoms with E-state index in [1.807, 2.05) is 61.5 Å². The van der Waals surface area contributed by atoms with Crippen LogP contribution < -0.4 is 9.62 Å². The van der Waals surface area contributed by atoms with E-state index in [0.29, 0.717) is 6.42 Å². The van der Waals surface area contributed by atoms with Gasteiger partial charge in [-0.3, -0.25) is 13.9 Å². The van der Waals surface area contributed by atoms with Gasteiger partial charge in [-0.2, -0.15) is 0 Å². The summed E-state index contributed by atoms with van der Waals surface area (Å²) in [5.41, 5.74) is 2.70. The number of aryl methyl sites for hydroxylation is 1. The Labute approximate surface area is 228 Å². The number of carbonyl (C=O) groups is 2. The minimum Gasteiger partial charge on any atom is -0.357 e. The summed E-state index contributed by atoms with van der Waals surface area (Å²) in [6.45, 7) is 1.99. The number of hydrogen-bond donors (Lipinski definition) is 1. The van der Waals surface area contributed by atoms with Gasteiger partial charge in [-0.05, 0) is 42.2 Å². The van der Waals surface area contributed by atoms with Gasteiger partial charge >= 0.3 is 0 Å². The van der Waals surface area contributed by atoms with E-state index < -0.39 is 27.7 Å². The van der Waals surface area contributed by atoms with E-state index in [0.717, 1.165) is 39.4 Å². The highest BCUT2D eigenvalue weighted by molar-refractivity contribution is 7.92. The van der Waals surface area contributed by atoms with E-state index in [1.165, 1.54) is 18.0 Å². The van der Waals surface area contributed by atoms with Crippen molar-refractivity contribution >= 4 is 27.5 Å².